The van der Waals surface area contributed by atoms with Gasteiger partial charge in [-0.2, -0.15) is 0 Å². The quantitative estimate of drug-likeness (QED) is 0.343. The number of aromatic amines is 1. The van der Waals surface area contributed by atoms with Crippen LogP contribution in [0.4, 0.5) is 0 Å². The van der Waals surface area contributed by atoms with E-state index in [1.165, 1.54) is 11.8 Å². The average Bonchev–Trinajstić information content (AvgIpc) is 3.30. The number of ether oxygens (including phenoxy) is 2. The average molecular weight is 414 g/mol. The van der Waals surface area contributed by atoms with Crippen molar-refractivity contribution in [1.29, 1.82) is 0 Å². The molecule has 2 heterocycles. The van der Waals surface area contributed by atoms with Crippen LogP contribution < -0.4 is 4.74 Å². The maximum absolute atomic E-state index is 12.8. The molecular formula is C20H22N4O4S. The molecule has 0 aliphatic carbocycles. The van der Waals surface area contributed by atoms with Gasteiger partial charge in [0.15, 0.2) is 10.9 Å². The van der Waals surface area contributed by atoms with Crippen LogP contribution in [0, 0.1) is 13.8 Å². The first-order valence-corrected chi connectivity index (χ1v) is 10.0. The van der Waals surface area contributed by atoms with E-state index in [-0.39, 0.29) is 18.1 Å². The zero-order chi connectivity index (χ0) is 21.0. The smallest absolute Gasteiger partial charge is 0.340 e. The fourth-order valence-electron chi connectivity index (χ4n) is 2.98. The molecule has 0 saturated heterocycles. The fraction of sp³-hybridized carbons (Fsp3) is 0.300. The number of carbonyl (C=O) groups is 2. The van der Waals surface area contributed by atoms with Crippen LogP contribution >= 0.6 is 11.8 Å². The minimum atomic E-state index is -0.426. The highest BCUT2D eigenvalue weighted by molar-refractivity contribution is 7.99. The van der Waals surface area contributed by atoms with Crippen LogP contribution in [0.15, 0.2) is 35.7 Å². The molecule has 0 spiro atoms. The summed E-state index contributed by atoms with van der Waals surface area (Å²) >= 11 is 1.28. The number of esters is 1. The number of thioether (sulfide) groups is 1. The Morgan fingerprint density at radius 2 is 1.93 bits per heavy atom. The summed E-state index contributed by atoms with van der Waals surface area (Å²) in [6, 6.07) is 7.46. The topological polar surface area (TPSA) is 99.1 Å². The second-order valence-corrected chi connectivity index (χ2v) is 7.18. The number of methoxy groups -OCH3 is 1. The maximum atomic E-state index is 12.8. The third-order valence-corrected chi connectivity index (χ3v) is 5.34. The molecule has 0 atom stereocenters. The summed E-state index contributed by atoms with van der Waals surface area (Å²) in [5, 5.41) is 8.65. The SMILES string of the molecule is CCOC(=O)c1c(C)[nH]c(C(=O)CSc2nncn2-c2ccc(OC)cc2)c1C. The summed E-state index contributed by atoms with van der Waals surface area (Å²) in [4.78, 5) is 27.9. The van der Waals surface area contributed by atoms with Gasteiger partial charge in [0.25, 0.3) is 0 Å². The van der Waals surface area contributed by atoms with Crippen molar-refractivity contribution >= 4 is 23.5 Å². The number of Topliss-reactive ketones (excluding diaryl/α,β-unsaturated/α-hetero) is 1. The molecule has 0 amide bonds. The Labute approximate surface area is 172 Å². The van der Waals surface area contributed by atoms with E-state index in [4.69, 9.17) is 9.47 Å². The standard InChI is InChI=1S/C20H22N4O4S/c1-5-28-19(26)17-12(2)18(22-13(17)3)16(25)10-29-20-23-21-11-24(20)14-6-8-15(27-4)9-7-14/h6-9,11,22H,5,10H2,1-4H3. The summed E-state index contributed by atoms with van der Waals surface area (Å²) in [5.74, 6) is 0.346. The fourth-order valence-corrected chi connectivity index (χ4v) is 3.78. The Balaban J connectivity index is 1.75. The third-order valence-electron chi connectivity index (χ3n) is 4.40. The van der Waals surface area contributed by atoms with Gasteiger partial charge in [0.1, 0.15) is 12.1 Å². The zero-order valence-electron chi connectivity index (χ0n) is 16.7. The minimum absolute atomic E-state index is 0.129. The summed E-state index contributed by atoms with van der Waals surface area (Å²) in [7, 11) is 1.61. The van der Waals surface area contributed by atoms with Crippen molar-refractivity contribution < 1.29 is 19.1 Å². The number of benzene rings is 1. The summed E-state index contributed by atoms with van der Waals surface area (Å²) < 4.78 is 12.0. The number of nitrogens with one attached hydrogen (secondary N) is 1. The second-order valence-electron chi connectivity index (χ2n) is 6.24. The second kappa shape index (κ2) is 8.95. The van der Waals surface area contributed by atoms with Crippen molar-refractivity contribution in [2.75, 3.05) is 19.5 Å². The molecule has 0 fully saturated rings. The normalized spacial score (nSPS) is 10.8. The molecule has 2 aromatic heterocycles. The maximum Gasteiger partial charge on any atom is 0.340 e. The largest absolute Gasteiger partial charge is 0.497 e. The number of aryl methyl sites for hydroxylation is 1. The van der Waals surface area contributed by atoms with Gasteiger partial charge in [0.05, 0.1) is 30.7 Å². The van der Waals surface area contributed by atoms with E-state index < -0.39 is 5.97 Å². The van der Waals surface area contributed by atoms with Crippen LogP contribution in [-0.4, -0.2) is 51.0 Å². The van der Waals surface area contributed by atoms with Crippen LogP contribution in [0.3, 0.4) is 0 Å². The predicted octanol–water partition coefficient (Wildman–Crippen LogP) is 3.37. The third kappa shape index (κ3) is 4.34. The molecular weight excluding hydrogens is 392 g/mol. The van der Waals surface area contributed by atoms with E-state index in [1.807, 2.05) is 24.3 Å². The zero-order valence-corrected chi connectivity index (χ0v) is 17.5. The molecule has 8 nitrogen and oxygen atoms in total. The highest BCUT2D eigenvalue weighted by Crippen LogP contribution is 2.24. The number of carbonyl (C=O) groups excluding carboxylic acids is 2. The van der Waals surface area contributed by atoms with E-state index in [0.29, 0.717) is 27.7 Å². The first-order valence-electron chi connectivity index (χ1n) is 9.03. The lowest BCUT2D eigenvalue weighted by molar-refractivity contribution is 0.0525. The molecule has 1 N–H and O–H groups in total. The van der Waals surface area contributed by atoms with Gasteiger partial charge in [-0.3, -0.25) is 9.36 Å². The lowest BCUT2D eigenvalue weighted by atomic mass is 10.1. The molecule has 9 heteroatoms. The van der Waals surface area contributed by atoms with Gasteiger partial charge in [-0.05, 0) is 50.6 Å². The Morgan fingerprint density at radius 3 is 2.59 bits per heavy atom. The van der Waals surface area contributed by atoms with Crippen molar-refractivity contribution in [1.82, 2.24) is 19.7 Å². The van der Waals surface area contributed by atoms with E-state index in [1.54, 1.807) is 38.8 Å². The van der Waals surface area contributed by atoms with E-state index >= 15 is 0 Å². The Bertz CT molecular complexity index is 1020. The van der Waals surface area contributed by atoms with Crippen molar-refractivity contribution in [3.63, 3.8) is 0 Å². The molecule has 0 aliphatic heterocycles. The first-order chi connectivity index (χ1) is 14.0. The molecule has 0 saturated carbocycles. The lowest BCUT2D eigenvalue weighted by Gasteiger charge is -2.07. The molecule has 0 unspecified atom stereocenters. The number of H-pyrrole nitrogens is 1. The Kier molecular flexibility index (Phi) is 6.38. The highest BCUT2D eigenvalue weighted by atomic mass is 32.2. The number of hydrogen-bond acceptors (Lipinski definition) is 7. The lowest BCUT2D eigenvalue weighted by Crippen LogP contribution is -2.09. The van der Waals surface area contributed by atoms with Crippen LogP contribution in [0.2, 0.25) is 0 Å². The van der Waals surface area contributed by atoms with Crippen LogP contribution in [-0.2, 0) is 4.74 Å². The summed E-state index contributed by atoms with van der Waals surface area (Å²) in [6.45, 7) is 5.52. The molecule has 29 heavy (non-hydrogen) atoms. The number of ketones is 1. The number of rotatable bonds is 8. The van der Waals surface area contributed by atoms with Crippen molar-refractivity contribution in [2.24, 2.45) is 0 Å². The predicted molar refractivity (Wildman–Crippen MR) is 109 cm³/mol. The van der Waals surface area contributed by atoms with Crippen LogP contribution in [0.5, 0.6) is 5.75 Å². The highest BCUT2D eigenvalue weighted by Gasteiger charge is 2.23. The number of hydrogen-bond donors (Lipinski definition) is 1. The summed E-state index contributed by atoms with van der Waals surface area (Å²) in [6.07, 6.45) is 1.59. The Hall–Kier alpha value is -3.07. The molecule has 152 valence electrons. The van der Waals surface area contributed by atoms with Gasteiger partial charge in [0, 0.05) is 11.4 Å². The number of nitrogens with zero attached hydrogens (tertiary/aromatic N) is 3. The van der Waals surface area contributed by atoms with Gasteiger partial charge >= 0.3 is 5.97 Å². The molecule has 1 aromatic carbocycles. The molecule has 0 bridgehead atoms. The van der Waals surface area contributed by atoms with E-state index in [0.717, 1.165) is 11.4 Å². The monoisotopic (exact) mass is 414 g/mol. The molecule has 0 radical (unpaired) electrons. The number of aromatic nitrogens is 4. The Morgan fingerprint density at radius 1 is 1.21 bits per heavy atom. The molecule has 3 rings (SSSR count). The van der Waals surface area contributed by atoms with Crippen molar-refractivity contribution in [2.45, 2.75) is 25.9 Å². The summed E-state index contributed by atoms with van der Waals surface area (Å²) in [5.41, 5.74) is 2.91. The van der Waals surface area contributed by atoms with Gasteiger partial charge in [0.2, 0.25) is 0 Å². The van der Waals surface area contributed by atoms with Gasteiger partial charge in [-0.1, -0.05) is 11.8 Å². The van der Waals surface area contributed by atoms with Crippen LogP contribution in [0.25, 0.3) is 5.69 Å². The van der Waals surface area contributed by atoms with Gasteiger partial charge in [-0.15, -0.1) is 10.2 Å². The first kappa shape index (κ1) is 20.7. The molecule has 3 aromatic rings. The van der Waals surface area contributed by atoms with E-state index in [9.17, 15) is 9.59 Å². The van der Waals surface area contributed by atoms with Gasteiger partial charge in [-0.25, -0.2) is 4.79 Å². The molecule has 0 aliphatic rings. The van der Waals surface area contributed by atoms with Crippen LogP contribution in [0.1, 0.15) is 39.0 Å². The van der Waals surface area contributed by atoms with Crippen molar-refractivity contribution in [3.8, 4) is 11.4 Å². The van der Waals surface area contributed by atoms with E-state index in [2.05, 4.69) is 15.2 Å². The van der Waals surface area contributed by atoms with Crippen molar-refractivity contribution in [3.05, 3.63) is 53.1 Å². The minimum Gasteiger partial charge on any atom is -0.497 e. The van der Waals surface area contributed by atoms with Gasteiger partial charge < -0.3 is 14.5 Å².